The van der Waals surface area contributed by atoms with Crippen LogP contribution in [0.5, 0.6) is 0 Å². The molecule has 0 amide bonds. The lowest BCUT2D eigenvalue weighted by molar-refractivity contribution is 0.180. The first-order valence-corrected chi connectivity index (χ1v) is 5.25. The second-order valence-corrected chi connectivity index (χ2v) is 4.11. The average Bonchev–Trinajstić information content (AvgIpc) is 2.52. The molecule has 0 atom stereocenters. The van der Waals surface area contributed by atoms with Gasteiger partial charge < -0.3 is 4.84 Å². The zero-order valence-corrected chi connectivity index (χ0v) is 9.48. The van der Waals surface area contributed by atoms with Gasteiger partial charge in [-0.2, -0.15) is 0 Å². The van der Waals surface area contributed by atoms with Crippen LogP contribution in [0.15, 0.2) is 21.1 Å². The Morgan fingerprint density at radius 2 is 2.62 bits per heavy atom. The lowest BCUT2D eigenvalue weighted by atomic mass is 10.3. The molecule has 0 radical (unpaired) electrons. The molecule has 0 saturated carbocycles. The number of rotatable bonds is 3. The summed E-state index contributed by atoms with van der Waals surface area (Å²) in [7, 11) is 0. The number of oxime groups is 1. The Labute approximate surface area is 89.7 Å². The zero-order valence-electron chi connectivity index (χ0n) is 7.08. The van der Waals surface area contributed by atoms with Crippen LogP contribution >= 0.6 is 27.3 Å². The minimum absolute atomic E-state index is 0.212. The molecular weight excluding hydrogens is 250 g/mol. The first-order valence-electron chi connectivity index (χ1n) is 3.58. The van der Waals surface area contributed by atoms with E-state index in [1.807, 2.05) is 18.4 Å². The normalized spacial score (nSPS) is 11.0. The molecule has 0 N–H and O–H groups in total. The van der Waals surface area contributed by atoms with Gasteiger partial charge in [-0.05, 0) is 28.9 Å². The predicted molar refractivity (Wildman–Crippen MR) is 59.0 cm³/mol. The van der Waals surface area contributed by atoms with Gasteiger partial charge in [0, 0.05) is 9.85 Å². The molecular formula is C9H8BrNOS. The van der Waals surface area contributed by atoms with Crippen molar-refractivity contribution < 1.29 is 4.84 Å². The molecule has 0 aromatic carbocycles. The van der Waals surface area contributed by atoms with E-state index in [9.17, 15) is 0 Å². The smallest absolute Gasteiger partial charge is 0.177 e. The van der Waals surface area contributed by atoms with Gasteiger partial charge >= 0.3 is 0 Å². The van der Waals surface area contributed by atoms with Gasteiger partial charge in [0.05, 0.1) is 10.6 Å². The Morgan fingerprint density at radius 1 is 1.85 bits per heavy atom. The predicted octanol–water partition coefficient (Wildman–Crippen LogP) is 2.88. The highest BCUT2D eigenvalue weighted by Gasteiger charge is 2.00. The molecule has 0 bridgehead atoms. The number of terminal acetylenes is 1. The summed E-state index contributed by atoms with van der Waals surface area (Å²) in [5.74, 6) is 2.34. The Balaban J connectivity index is 2.63. The number of halogens is 1. The molecule has 2 nitrogen and oxygen atoms in total. The number of hydrogen-bond donors (Lipinski definition) is 0. The summed E-state index contributed by atoms with van der Waals surface area (Å²) in [5, 5.41) is 5.86. The monoisotopic (exact) mass is 257 g/mol. The average molecular weight is 258 g/mol. The van der Waals surface area contributed by atoms with Gasteiger partial charge in [-0.25, -0.2) is 0 Å². The molecule has 0 saturated heterocycles. The van der Waals surface area contributed by atoms with Crippen molar-refractivity contribution in [1.29, 1.82) is 0 Å². The first-order chi connectivity index (χ1) is 6.24. The van der Waals surface area contributed by atoms with Crippen LogP contribution in [-0.2, 0) is 4.84 Å². The molecule has 1 aromatic rings. The van der Waals surface area contributed by atoms with Crippen LogP contribution in [0, 0.1) is 12.3 Å². The number of hydrogen-bond acceptors (Lipinski definition) is 3. The summed E-state index contributed by atoms with van der Waals surface area (Å²) >= 11 is 4.97. The van der Waals surface area contributed by atoms with Crippen LogP contribution in [0.2, 0.25) is 0 Å². The van der Waals surface area contributed by atoms with Crippen molar-refractivity contribution in [2.75, 3.05) is 6.61 Å². The highest BCUT2D eigenvalue weighted by atomic mass is 79.9. The number of nitrogens with zero attached hydrogens (tertiary/aromatic N) is 1. The first kappa shape index (κ1) is 10.3. The maximum atomic E-state index is 5.01. The van der Waals surface area contributed by atoms with Crippen LogP contribution in [-0.4, -0.2) is 12.3 Å². The van der Waals surface area contributed by atoms with Crippen molar-refractivity contribution in [1.82, 2.24) is 0 Å². The maximum Gasteiger partial charge on any atom is 0.177 e. The zero-order chi connectivity index (χ0) is 9.68. The summed E-state index contributed by atoms with van der Waals surface area (Å²) in [6.07, 6.45) is 5.01. The molecule has 13 heavy (non-hydrogen) atoms. The van der Waals surface area contributed by atoms with Crippen molar-refractivity contribution in [2.24, 2.45) is 5.16 Å². The fourth-order valence-electron chi connectivity index (χ4n) is 0.714. The highest BCUT2D eigenvalue weighted by molar-refractivity contribution is 9.10. The van der Waals surface area contributed by atoms with Gasteiger partial charge in [-0.15, -0.1) is 17.8 Å². The topological polar surface area (TPSA) is 21.6 Å². The lowest BCUT2D eigenvalue weighted by Gasteiger charge is -1.94. The summed E-state index contributed by atoms with van der Waals surface area (Å²) in [4.78, 5) is 5.92. The van der Waals surface area contributed by atoms with E-state index < -0.39 is 0 Å². The number of thiophene rings is 1. The van der Waals surface area contributed by atoms with Crippen molar-refractivity contribution in [3.8, 4) is 12.3 Å². The molecule has 1 heterocycles. The van der Waals surface area contributed by atoms with Gasteiger partial charge in [0.15, 0.2) is 6.61 Å². The van der Waals surface area contributed by atoms with E-state index in [4.69, 9.17) is 11.3 Å². The van der Waals surface area contributed by atoms with Crippen LogP contribution < -0.4 is 0 Å². The quantitative estimate of drug-likeness (QED) is 0.353. The summed E-state index contributed by atoms with van der Waals surface area (Å²) in [5.41, 5.74) is 0.839. The summed E-state index contributed by atoms with van der Waals surface area (Å²) in [6, 6.07) is 1.99. The van der Waals surface area contributed by atoms with Crippen molar-refractivity contribution >= 4 is 33.0 Å². The van der Waals surface area contributed by atoms with Gasteiger partial charge in [-0.1, -0.05) is 11.1 Å². The van der Waals surface area contributed by atoms with Crippen molar-refractivity contribution in [2.45, 2.75) is 6.92 Å². The van der Waals surface area contributed by atoms with E-state index in [1.54, 1.807) is 11.3 Å². The molecule has 68 valence electrons. The van der Waals surface area contributed by atoms with E-state index in [0.717, 1.165) is 15.1 Å². The van der Waals surface area contributed by atoms with Crippen LogP contribution in [0.3, 0.4) is 0 Å². The second-order valence-electron chi connectivity index (χ2n) is 2.28. The van der Waals surface area contributed by atoms with Gasteiger partial charge in [0.25, 0.3) is 0 Å². The Morgan fingerprint density at radius 3 is 3.15 bits per heavy atom. The molecule has 1 aromatic heterocycles. The maximum absolute atomic E-state index is 5.01. The van der Waals surface area contributed by atoms with Crippen LogP contribution in [0.4, 0.5) is 0 Å². The van der Waals surface area contributed by atoms with Gasteiger partial charge in [-0.3, -0.25) is 0 Å². The second kappa shape index (κ2) is 5.05. The Kier molecular flexibility index (Phi) is 4.00. The lowest BCUT2D eigenvalue weighted by Crippen LogP contribution is -1.93. The molecule has 0 aliphatic rings. The SMILES string of the molecule is C#CCO/N=C(\C)c1cc(Br)cs1. The fourth-order valence-corrected chi connectivity index (χ4v) is 2.09. The fraction of sp³-hybridized carbons (Fsp3) is 0.222. The molecule has 0 spiro atoms. The van der Waals surface area contributed by atoms with E-state index in [0.29, 0.717) is 0 Å². The van der Waals surface area contributed by atoms with E-state index in [2.05, 4.69) is 27.0 Å². The summed E-state index contributed by atoms with van der Waals surface area (Å²) in [6.45, 7) is 2.10. The third-order valence-corrected chi connectivity index (χ3v) is 3.07. The molecule has 0 unspecified atom stereocenters. The summed E-state index contributed by atoms with van der Waals surface area (Å²) < 4.78 is 1.05. The molecule has 4 heteroatoms. The van der Waals surface area contributed by atoms with E-state index in [1.165, 1.54) is 0 Å². The standard InChI is InChI=1S/C9H8BrNOS/c1-3-4-12-11-7(2)9-5-8(10)6-13-9/h1,5-6H,4H2,2H3/b11-7+. The minimum atomic E-state index is 0.212. The minimum Gasteiger partial charge on any atom is -0.382 e. The van der Waals surface area contributed by atoms with E-state index >= 15 is 0 Å². The molecule has 0 fully saturated rings. The largest absolute Gasteiger partial charge is 0.382 e. The molecule has 1 rings (SSSR count). The van der Waals surface area contributed by atoms with Gasteiger partial charge in [0.2, 0.25) is 0 Å². The highest BCUT2D eigenvalue weighted by Crippen LogP contribution is 2.20. The molecule has 0 aliphatic heterocycles. The van der Waals surface area contributed by atoms with Crippen LogP contribution in [0.1, 0.15) is 11.8 Å². The third kappa shape index (κ3) is 3.21. The van der Waals surface area contributed by atoms with Crippen molar-refractivity contribution in [3.05, 3.63) is 20.8 Å². The van der Waals surface area contributed by atoms with Crippen LogP contribution in [0.25, 0.3) is 0 Å². The third-order valence-electron chi connectivity index (χ3n) is 1.27. The van der Waals surface area contributed by atoms with Gasteiger partial charge in [0.1, 0.15) is 0 Å². The Bertz CT molecular complexity index is 351. The molecule has 0 aliphatic carbocycles. The van der Waals surface area contributed by atoms with Crippen molar-refractivity contribution in [3.63, 3.8) is 0 Å². The van der Waals surface area contributed by atoms with E-state index in [-0.39, 0.29) is 6.61 Å². The Hall–Kier alpha value is -0.790.